The summed E-state index contributed by atoms with van der Waals surface area (Å²) in [4.78, 5) is 12.3. The van der Waals surface area contributed by atoms with Crippen molar-refractivity contribution in [3.63, 3.8) is 0 Å². The molecular weight excluding hydrogens is 250 g/mol. The van der Waals surface area contributed by atoms with E-state index in [-0.39, 0.29) is 18.0 Å². The molecule has 1 saturated carbocycles. The molecule has 0 saturated heterocycles. The molecule has 0 atom stereocenters. The van der Waals surface area contributed by atoms with Gasteiger partial charge in [-0.1, -0.05) is 30.3 Å². The molecule has 4 heteroatoms. The molecule has 3 N–H and O–H groups in total. The van der Waals surface area contributed by atoms with E-state index in [1.165, 1.54) is 5.56 Å². The number of nitrogens with one attached hydrogen (secondary N) is 1. The maximum Gasteiger partial charge on any atom is 0.268 e. The highest BCUT2D eigenvalue weighted by Gasteiger charge is 2.28. The molecule has 0 radical (unpaired) electrons. The Bertz CT molecular complexity index is 585. The standard InChI is InChI=1S/C16H19N3O/c17-13-9-14(10-13)18-16(20)15-7-4-8-19(15)11-12-5-2-1-3-6-12/h1-8,13-14H,9-11,17H2,(H,18,20). The van der Waals surface area contributed by atoms with Crippen molar-refractivity contribution in [1.29, 1.82) is 0 Å². The van der Waals surface area contributed by atoms with Gasteiger partial charge in [0, 0.05) is 24.8 Å². The molecule has 0 aliphatic heterocycles. The van der Waals surface area contributed by atoms with Crippen molar-refractivity contribution in [1.82, 2.24) is 9.88 Å². The number of rotatable bonds is 4. The number of carbonyl (C=O) groups is 1. The van der Waals surface area contributed by atoms with Gasteiger partial charge in [0.1, 0.15) is 5.69 Å². The van der Waals surface area contributed by atoms with Gasteiger partial charge in [0.05, 0.1) is 0 Å². The largest absolute Gasteiger partial charge is 0.348 e. The number of carbonyl (C=O) groups excluding carboxylic acids is 1. The normalized spacial score (nSPS) is 21.2. The Kier molecular flexibility index (Phi) is 3.56. The first-order valence-electron chi connectivity index (χ1n) is 6.98. The molecule has 1 aliphatic carbocycles. The van der Waals surface area contributed by atoms with Gasteiger partial charge in [-0.2, -0.15) is 0 Å². The fourth-order valence-corrected chi connectivity index (χ4v) is 2.58. The van der Waals surface area contributed by atoms with Crippen LogP contribution in [0.3, 0.4) is 0 Å². The number of hydrogen-bond donors (Lipinski definition) is 2. The molecule has 20 heavy (non-hydrogen) atoms. The number of nitrogens with zero attached hydrogens (tertiary/aromatic N) is 1. The predicted octanol–water partition coefficient (Wildman–Crippen LogP) is 1.76. The van der Waals surface area contributed by atoms with Crippen molar-refractivity contribution >= 4 is 5.91 Å². The lowest BCUT2D eigenvalue weighted by Crippen LogP contribution is -2.50. The zero-order valence-electron chi connectivity index (χ0n) is 11.3. The van der Waals surface area contributed by atoms with Gasteiger partial charge in [-0.15, -0.1) is 0 Å². The van der Waals surface area contributed by atoms with Crippen molar-refractivity contribution in [2.24, 2.45) is 5.73 Å². The third-order valence-corrected chi connectivity index (χ3v) is 3.77. The van der Waals surface area contributed by atoms with Crippen LogP contribution in [0, 0.1) is 0 Å². The number of benzene rings is 1. The van der Waals surface area contributed by atoms with E-state index in [0.717, 1.165) is 12.8 Å². The van der Waals surface area contributed by atoms with Gasteiger partial charge in [-0.3, -0.25) is 4.79 Å². The van der Waals surface area contributed by atoms with Crippen LogP contribution in [0.1, 0.15) is 28.9 Å². The first-order valence-corrected chi connectivity index (χ1v) is 6.98. The zero-order chi connectivity index (χ0) is 13.9. The average molecular weight is 269 g/mol. The summed E-state index contributed by atoms with van der Waals surface area (Å²) in [6, 6.07) is 14.4. The van der Waals surface area contributed by atoms with Gasteiger partial charge in [-0.25, -0.2) is 0 Å². The Morgan fingerprint density at radius 3 is 2.65 bits per heavy atom. The molecular formula is C16H19N3O. The van der Waals surface area contributed by atoms with Crippen LogP contribution in [0.5, 0.6) is 0 Å². The molecule has 1 fully saturated rings. The summed E-state index contributed by atoms with van der Waals surface area (Å²) in [5.41, 5.74) is 7.63. The third-order valence-electron chi connectivity index (χ3n) is 3.77. The Hall–Kier alpha value is -2.07. The monoisotopic (exact) mass is 269 g/mol. The highest BCUT2D eigenvalue weighted by atomic mass is 16.2. The summed E-state index contributed by atoms with van der Waals surface area (Å²) in [6.07, 6.45) is 3.70. The molecule has 1 amide bonds. The minimum atomic E-state index is -0.0113. The second-order valence-corrected chi connectivity index (χ2v) is 5.41. The minimum absolute atomic E-state index is 0.0113. The molecule has 1 aromatic carbocycles. The summed E-state index contributed by atoms with van der Waals surface area (Å²) in [7, 11) is 0. The van der Waals surface area contributed by atoms with Gasteiger partial charge in [-0.05, 0) is 30.5 Å². The first kappa shape index (κ1) is 12.9. The Balaban J connectivity index is 1.68. The highest BCUT2D eigenvalue weighted by molar-refractivity contribution is 5.93. The molecule has 3 rings (SSSR count). The van der Waals surface area contributed by atoms with E-state index in [1.807, 2.05) is 41.1 Å². The van der Waals surface area contributed by atoms with Gasteiger partial charge in [0.2, 0.25) is 0 Å². The number of aromatic nitrogens is 1. The summed E-state index contributed by atoms with van der Waals surface area (Å²) in [6.45, 7) is 0.709. The van der Waals surface area contributed by atoms with Crippen LogP contribution in [-0.4, -0.2) is 22.6 Å². The third kappa shape index (κ3) is 2.75. The number of hydrogen-bond acceptors (Lipinski definition) is 2. The van der Waals surface area contributed by atoms with E-state index < -0.39 is 0 Å². The molecule has 4 nitrogen and oxygen atoms in total. The van der Waals surface area contributed by atoms with Crippen LogP contribution in [0.4, 0.5) is 0 Å². The lowest BCUT2D eigenvalue weighted by atomic mass is 9.87. The first-order chi connectivity index (χ1) is 9.72. The molecule has 2 aromatic rings. The summed E-state index contributed by atoms with van der Waals surface area (Å²) in [5, 5.41) is 3.04. The Labute approximate surface area is 118 Å². The molecule has 0 bridgehead atoms. The van der Waals surface area contributed by atoms with Crippen molar-refractivity contribution in [2.75, 3.05) is 0 Å². The Morgan fingerprint density at radius 2 is 1.95 bits per heavy atom. The van der Waals surface area contributed by atoms with Crippen molar-refractivity contribution in [3.05, 3.63) is 59.9 Å². The van der Waals surface area contributed by atoms with Gasteiger partial charge >= 0.3 is 0 Å². The van der Waals surface area contributed by atoms with E-state index in [2.05, 4.69) is 17.4 Å². The van der Waals surface area contributed by atoms with Crippen LogP contribution in [0.15, 0.2) is 48.7 Å². The smallest absolute Gasteiger partial charge is 0.268 e. The summed E-state index contributed by atoms with van der Waals surface area (Å²) < 4.78 is 1.98. The molecule has 1 aromatic heterocycles. The van der Waals surface area contributed by atoms with E-state index in [9.17, 15) is 4.79 Å². The summed E-state index contributed by atoms with van der Waals surface area (Å²) >= 11 is 0. The fraction of sp³-hybridized carbons (Fsp3) is 0.312. The molecule has 0 unspecified atom stereocenters. The molecule has 1 aliphatic rings. The van der Waals surface area contributed by atoms with E-state index in [4.69, 9.17) is 5.73 Å². The quantitative estimate of drug-likeness (QED) is 0.888. The van der Waals surface area contributed by atoms with Crippen LogP contribution >= 0.6 is 0 Å². The van der Waals surface area contributed by atoms with Crippen molar-refractivity contribution < 1.29 is 4.79 Å². The number of nitrogens with two attached hydrogens (primary N) is 1. The maximum atomic E-state index is 12.3. The lowest BCUT2D eigenvalue weighted by molar-refractivity contribution is 0.0901. The molecule has 104 valence electrons. The highest BCUT2D eigenvalue weighted by Crippen LogP contribution is 2.18. The average Bonchev–Trinajstić information content (AvgIpc) is 2.86. The Morgan fingerprint density at radius 1 is 1.20 bits per heavy atom. The van der Waals surface area contributed by atoms with Gasteiger partial charge < -0.3 is 15.6 Å². The van der Waals surface area contributed by atoms with Crippen molar-refractivity contribution in [2.45, 2.75) is 31.5 Å². The molecule has 1 heterocycles. The van der Waals surface area contributed by atoms with E-state index in [0.29, 0.717) is 12.2 Å². The lowest BCUT2D eigenvalue weighted by Gasteiger charge is -2.33. The second kappa shape index (κ2) is 5.51. The van der Waals surface area contributed by atoms with Crippen molar-refractivity contribution in [3.8, 4) is 0 Å². The SMILES string of the molecule is NC1CC(NC(=O)c2cccn2Cc2ccccc2)C1. The number of amides is 1. The van der Waals surface area contributed by atoms with Crippen LogP contribution in [-0.2, 0) is 6.54 Å². The minimum Gasteiger partial charge on any atom is -0.348 e. The van der Waals surface area contributed by atoms with Crippen LogP contribution in [0.2, 0.25) is 0 Å². The zero-order valence-corrected chi connectivity index (χ0v) is 11.3. The topological polar surface area (TPSA) is 60.0 Å². The van der Waals surface area contributed by atoms with Crippen LogP contribution in [0.25, 0.3) is 0 Å². The van der Waals surface area contributed by atoms with E-state index >= 15 is 0 Å². The predicted molar refractivity (Wildman–Crippen MR) is 78.4 cm³/mol. The van der Waals surface area contributed by atoms with Crippen LogP contribution < -0.4 is 11.1 Å². The maximum absolute atomic E-state index is 12.3. The van der Waals surface area contributed by atoms with Gasteiger partial charge in [0.25, 0.3) is 5.91 Å². The second-order valence-electron chi connectivity index (χ2n) is 5.41. The fourth-order valence-electron chi connectivity index (χ4n) is 2.58. The summed E-state index contributed by atoms with van der Waals surface area (Å²) in [5.74, 6) is -0.0113. The van der Waals surface area contributed by atoms with E-state index in [1.54, 1.807) is 0 Å². The van der Waals surface area contributed by atoms with Gasteiger partial charge in [0.15, 0.2) is 0 Å². The molecule has 0 spiro atoms.